The highest BCUT2D eigenvalue weighted by atomic mass is 35.5. The summed E-state index contributed by atoms with van der Waals surface area (Å²) >= 11 is 5.86. The van der Waals surface area contributed by atoms with Crippen LogP contribution in [-0.4, -0.2) is 32.9 Å². The average Bonchev–Trinajstić information content (AvgIpc) is 3.24. The van der Waals surface area contributed by atoms with Crippen LogP contribution in [0, 0.1) is 0 Å². The lowest BCUT2D eigenvalue weighted by Crippen LogP contribution is -2.35. The number of aryl methyl sites for hydroxylation is 1. The van der Waals surface area contributed by atoms with Crippen molar-refractivity contribution in [2.45, 2.75) is 12.6 Å². The van der Waals surface area contributed by atoms with Gasteiger partial charge < -0.3 is 15.2 Å². The summed E-state index contributed by atoms with van der Waals surface area (Å²) < 4.78 is 6.82. The number of nitrogens with zero attached hydrogens (tertiary/aromatic N) is 4. The van der Waals surface area contributed by atoms with Gasteiger partial charge in [0.25, 0.3) is 0 Å². The number of likely N-dealkylation sites (N-methyl/N-ethyl adjacent to an activating group) is 1. The van der Waals surface area contributed by atoms with Gasteiger partial charge in [-0.1, -0.05) is 16.8 Å². The molecule has 0 aliphatic heterocycles. The Kier molecular flexibility index (Phi) is 5.11. The number of carbonyl (C=O) groups excluding carboxylic acids is 1. The molecule has 0 aliphatic carbocycles. The van der Waals surface area contributed by atoms with Crippen molar-refractivity contribution in [3.63, 3.8) is 0 Å². The van der Waals surface area contributed by atoms with Crippen molar-refractivity contribution in [1.29, 1.82) is 0 Å². The first-order valence-electron chi connectivity index (χ1n) is 7.59. The molecular weight excluding hydrogens is 344 g/mol. The van der Waals surface area contributed by atoms with Gasteiger partial charge in [-0.05, 0) is 31.3 Å². The van der Waals surface area contributed by atoms with Gasteiger partial charge >= 0.3 is 0 Å². The second kappa shape index (κ2) is 7.45. The van der Waals surface area contributed by atoms with E-state index in [2.05, 4.69) is 25.9 Å². The van der Waals surface area contributed by atoms with Crippen molar-refractivity contribution in [3.8, 4) is 11.4 Å². The molecule has 2 aromatic heterocycles. The normalized spacial score (nSPS) is 12.1. The standard InChI is InChI=1S/C16H17ClN6O2/c1-18-14(11-7-20-23(2)9-11)16(24)19-8-13-21-15(22-25-13)10-3-5-12(17)6-4-10/h3-7,9,14,18H,8H2,1-2H3,(H,19,24). The number of hydrogen-bond donors (Lipinski definition) is 2. The summed E-state index contributed by atoms with van der Waals surface area (Å²) in [6.07, 6.45) is 3.43. The summed E-state index contributed by atoms with van der Waals surface area (Å²) in [5, 5.41) is 14.4. The molecule has 3 rings (SSSR count). The molecule has 1 atom stereocenters. The largest absolute Gasteiger partial charge is 0.345 e. The predicted octanol–water partition coefficient (Wildman–Crippen LogP) is 1.70. The van der Waals surface area contributed by atoms with Crippen LogP contribution in [0.25, 0.3) is 11.4 Å². The molecule has 130 valence electrons. The van der Waals surface area contributed by atoms with Crippen LogP contribution >= 0.6 is 11.6 Å². The summed E-state index contributed by atoms with van der Waals surface area (Å²) in [6, 6.07) is 6.59. The molecule has 1 aromatic carbocycles. The maximum atomic E-state index is 12.4. The van der Waals surface area contributed by atoms with E-state index in [1.165, 1.54) is 0 Å². The van der Waals surface area contributed by atoms with Crippen molar-refractivity contribution >= 4 is 17.5 Å². The molecule has 9 heteroatoms. The number of benzene rings is 1. The Morgan fingerprint density at radius 3 is 2.76 bits per heavy atom. The van der Waals surface area contributed by atoms with Gasteiger partial charge in [-0.25, -0.2) is 0 Å². The van der Waals surface area contributed by atoms with Gasteiger partial charge in [0, 0.05) is 29.4 Å². The van der Waals surface area contributed by atoms with Crippen LogP contribution in [0.1, 0.15) is 17.5 Å². The Hall–Kier alpha value is -2.71. The Labute approximate surface area is 149 Å². The zero-order valence-electron chi connectivity index (χ0n) is 13.7. The lowest BCUT2D eigenvalue weighted by atomic mass is 10.1. The van der Waals surface area contributed by atoms with Crippen molar-refractivity contribution < 1.29 is 9.32 Å². The van der Waals surface area contributed by atoms with Crippen molar-refractivity contribution in [2.24, 2.45) is 7.05 Å². The molecule has 0 spiro atoms. The fourth-order valence-electron chi connectivity index (χ4n) is 2.35. The number of nitrogens with one attached hydrogen (secondary N) is 2. The third kappa shape index (κ3) is 4.04. The first-order valence-corrected chi connectivity index (χ1v) is 7.96. The Balaban J connectivity index is 1.63. The Morgan fingerprint density at radius 1 is 1.36 bits per heavy atom. The van der Waals surface area contributed by atoms with E-state index in [1.54, 1.807) is 55.4 Å². The van der Waals surface area contributed by atoms with Gasteiger partial charge in [0.15, 0.2) is 0 Å². The monoisotopic (exact) mass is 360 g/mol. The van der Waals surface area contributed by atoms with E-state index in [9.17, 15) is 4.79 Å². The molecule has 0 aliphatic rings. The van der Waals surface area contributed by atoms with Crippen LogP contribution in [-0.2, 0) is 18.4 Å². The van der Waals surface area contributed by atoms with Gasteiger partial charge in [0.1, 0.15) is 6.04 Å². The molecular formula is C16H17ClN6O2. The van der Waals surface area contributed by atoms with Gasteiger partial charge in [-0.15, -0.1) is 0 Å². The first kappa shape index (κ1) is 17.1. The number of rotatable bonds is 6. The quantitative estimate of drug-likeness (QED) is 0.694. The van der Waals surface area contributed by atoms with Crippen molar-refractivity contribution in [1.82, 2.24) is 30.6 Å². The van der Waals surface area contributed by atoms with E-state index < -0.39 is 6.04 Å². The van der Waals surface area contributed by atoms with E-state index in [-0.39, 0.29) is 12.5 Å². The number of carbonyl (C=O) groups is 1. The summed E-state index contributed by atoms with van der Waals surface area (Å²) in [7, 11) is 3.51. The molecule has 0 bridgehead atoms. The van der Waals surface area contributed by atoms with Crippen molar-refractivity contribution in [3.05, 3.63) is 53.1 Å². The number of halogens is 1. The van der Waals surface area contributed by atoms with Crippen molar-refractivity contribution in [2.75, 3.05) is 7.05 Å². The summed E-state index contributed by atoms with van der Waals surface area (Å²) in [5.41, 5.74) is 1.56. The highest BCUT2D eigenvalue weighted by molar-refractivity contribution is 6.30. The number of aromatic nitrogens is 4. The maximum absolute atomic E-state index is 12.4. The zero-order valence-corrected chi connectivity index (χ0v) is 14.5. The fourth-order valence-corrected chi connectivity index (χ4v) is 2.47. The van der Waals surface area contributed by atoms with Crippen LogP contribution < -0.4 is 10.6 Å². The highest BCUT2D eigenvalue weighted by Crippen LogP contribution is 2.18. The molecule has 0 radical (unpaired) electrons. The number of hydrogen-bond acceptors (Lipinski definition) is 6. The molecule has 25 heavy (non-hydrogen) atoms. The highest BCUT2D eigenvalue weighted by Gasteiger charge is 2.20. The minimum Gasteiger partial charge on any atom is -0.345 e. The van der Waals surface area contributed by atoms with E-state index in [0.29, 0.717) is 16.7 Å². The Morgan fingerprint density at radius 2 is 2.12 bits per heavy atom. The maximum Gasteiger partial charge on any atom is 0.246 e. The van der Waals surface area contributed by atoms with Crippen LogP contribution in [0.3, 0.4) is 0 Å². The van der Waals surface area contributed by atoms with E-state index in [1.807, 2.05) is 0 Å². The van der Waals surface area contributed by atoms with Crippen LogP contribution in [0.2, 0.25) is 5.02 Å². The molecule has 2 N–H and O–H groups in total. The SMILES string of the molecule is CNC(C(=O)NCc1nc(-c2ccc(Cl)cc2)no1)c1cnn(C)c1. The molecule has 0 fully saturated rings. The van der Waals surface area contributed by atoms with Gasteiger partial charge in [-0.2, -0.15) is 10.1 Å². The summed E-state index contributed by atoms with van der Waals surface area (Å²) in [6.45, 7) is 0.137. The second-order valence-corrected chi connectivity index (χ2v) is 5.84. The van der Waals surface area contributed by atoms with Gasteiger partial charge in [0.2, 0.25) is 17.6 Å². The topological polar surface area (TPSA) is 97.9 Å². The second-order valence-electron chi connectivity index (χ2n) is 5.41. The lowest BCUT2D eigenvalue weighted by molar-refractivity contribution is -0.123. The molecule has 0 saturated carbocycles. The summed E-state index contributed by atoms with van der Waals surface area (Å²) in [4.78, 5) is 16.6. The van der Waals surface area contributed by atoms with Crippen LogP contribution in [0.5, 0.6) is 0 Å². The third-order valence-electron chi connectivity index (χ3n) is 3.59. The minimum atomic E-state index is -0.507. The predicted molar refractivity (Wildman–Crippen MR) is 91.6 cm³/mol. The van der Waals surface area contributed by atoms with Crippen LogP contribution in [0.15, 0.2) is 41.2 Å². The minimum absolute atomic E-state index is 0.137. The molecule has 3 aromatic rings. The molecule has 1 amide bonds. The fraction of sp³-hybridized carbons (Fsp3) is 0.250. The van der Waals surface area contributed by atoms with E-state index in [4.69, 9.17) is 16.1 Å². The molecule has 8 nitrogen and oxygen atoms in total. The first-order chi connectivity index (χ1) is 12.1. The van der Waals surface area contributed by atoms with E-state index in [0.717, 1.165) is 11.1 Å². The number of amides is 1. The van der Waals surface area contributed by atoms with Crippen LogP contribution in [0.4, 0.5) is 0 Å². The Bertz CT molecular complexity index is 858. The van der Waals surface area contributed by atoms with Gasteiger partial charge in [-0.3, -0.25) is 9.48 Å². The molecule has 0 saturated heterocycles. The smallest absolute Gasteiger partial charge is 0.246 e. The van der Waals surface area contributed by atoms with E-state index >= 15 is 0 Å². The summed E-state index contributed by atoms with van der Waals surface area (Å²) in [5.74, 6) is 0.555. The third-order valence-corrected chi connectivity index (χ3v) is 3.85. The zero-order chi connectivity index (χ0) is 17.8. The average molecular weight is 361 g/mol. The lowest BCUT2D eigenvalue weighted by Gasteiger charge is -2.13. The molecule has 1 unspecified atom stereocenters. The molecule has 2 heterocycles. The van der Waals surface area contributed by atoms with Gasteiger partial charge in [0.05, 0.1) is 12.7 Å².